The SMILES string of the molecule is CCN1C=CSC1Br. The largest absolute Gasteiger partial charge is 0.356 e. The molecule has 0 aromatic carbocycles. The maximum atomic E-state index is 3.49. The molecule has 0 aromatic rings. The van der Waals surface area contributed by atoms with Crippen molar-refractivity contribution >= 4 is 27.7 Å². The Morgan fingerprint density at radius 3 is 2.88 bits per heavy atom. The molecule has 3 heteroatoms. The Labute approximate surface area is 62.3 Å². The van der Waals surface area contributed by atoms with Gasteiger partial charge in [-0.05, 0) is 12.3 Å². The van der Waals surface area contributed by atoms with Gasteiger partial charge in [-0.3, -0.25) is 0 Å². The van der Waals surface area contributed by atoms with Crippen molar-refractivity contribution in [3.8, 4) is 0 Å². The number of hydrogen-bond donors (Lipinski definition) is 0. The van der Waals surface area contributed by atoms with Crippen molar-refractivity contribution < 1.29 is 0 Å². The second-order valence-electron chi connectivity index (χ2n) is 1.54. The van der Waals surface area contributed by atoms with Crippen molar-refractivity contribution in [2.24, 2.45) is 0 Å². The smallest absolute Gasteiger partial charge is 0.135 e. The highest BCUT2D eigenvalue weighted by Crippen LogP contribution is 2.28. The molecule has 46 valence electrons. The lowest BCUT2D eigenvalue weighted by atomic mass is 10.7. The molecule has 0 bridgehead atoms. The lowest BCUT2D eigenvalue weighted by Gasteiger charge is -2.16. The molecular weight excluding hydrogens is 186 g/mol. The molecule has 1 atom stereocenters. The fourth-order valence-electron chi connectivity index (χ4n) is 0.573. The van der Waals surface area contributed by atoms with E-state index >= 15 is 0 Å². The van der Waals surface area contributed by atoms with Gasteiger partial charge < -0.3 is 4.90 Å². The van der Waals surface area contributed by atoms with Crippen LogP contribution in [0.1, 0.15) is 6.92 Å². The van der Waals surface area contributed by atoms with Crippen molar-refractivity contribution in [1.82, 2.24) is 4.90 Å². The number of rotatable bonds is 1. The van der Waals surface area contributed by atoms with Gasteiger partial charge >= 0.3 is 0 Å². The second-order valence-corrected chi connectivity index (χ2v) is 4.01. The van der Waals surface area contributed by atoms with Gasteiger partial charge in [-0.2, -0.15) is 0 Å². The van der Waals surface area contributed by atoms with E-state index in [0.29, 0.717) is 4.28 Å². The van der Waals surface area contributed by atoms with Crippen LogP contribution in [-0.2, 0) is 0 Å². The quantitative estimate of drug-likeness (QED) is 0.465. The zero-order valence-corrected chi connectivity index (χ0v) is 7.08. The van der Waals surface area contributed by atoms with Crippen LogP contribution < -0.4 is 0 Å². The molecule has 1 nitrogen and oxygen atoms in total. The molecule has 1 aliphatic heterocycles. The van der Waals surface area contributed by atoms with Gasteiger partial charge in [0, 0.05) is 12.7 Å². The summed E-state index contributed by atoms with van der Waals surface area (Å²) in [6, 6.07) is 0. The lowest BCUT2D eigenvalue weighted by molar-refractivity contribution is 0.455. The van der Waals surface area contributed by atoms with Gasteiger partial charge in [-0.15, -0.1) is 0 Å². The first-order valence-corrected chi connectivity index (χ1v) is 4.42. The zero-order chi connectivity index (χ0) is 5.98. The Balaban J connectivity index is 2.41. The van der Waals surface area contributed by atoms with Crippen molar-refractivity contribution in [2.75, 3.05) is 6.54 Å². The molecule has 1 unspecified atom stereocenters. The van der Waals surface area contributed by atoms with Crippen LogP contribution in [0.25, 0.3) is 0 Å². The first kappa shape index (κ1) is 6.49. The summed E-state index contributed by atoms with van der Waals surface area (Å²) in [6.07, 6.45) is 2.10. The van der Waals surface area contributed by atoms with Crippen molar-refractivity contribution in [1.29, 1.82) is 0 Å². The third kappa shape index (κ3) is 1.20. The average Bonchev–Trinajstić information content (AvgIpc) is 2.14. The van der Waals surface area contributed by atoms with E-state index in [9.17, 15) is 0 Å². The fourth-order valence-corrected chi connectivity index (χ4v) is 2.10. The fraction of sp³-hybridized carbons (Fsp3) is 0.600. The number of hydrogen-bond acceptors (Lipinski definition) is 2. The third-order valence-electron chi connectivity index (χ3n) is 1.07. The van der Waals surface area contributed by atoms with E-state index in [0.717, 1.165) is 6.54 Å². The molecular formula is C5H8BrNS. The molecule has 0 aromatic heterocycles. The minimum atomic E-state index is 0.479. The normalized spacial score (nSPS) is 27.2. The summed E-state index contributed by atoms with van der Waals surface area (Å²) in [5.74, 6) is 0. The first-order valence-electron chi connectivity index (χ1n) is 2.56. The highest BCUT2D eigenvalue weighted by molar-refractivity contribution is 9.11. The van der Waals surface area contributed by atoms with Gasteiger partial charge in [0.05, 0.1) is 0 Å². The summed E-state index contributed by atoms with van der Waals surface area (Å²) >= 11 is 5.28. The molecule has 0 radical (unpaired) electrons. The standard InChI is InChI=1S/C5H8BrNS/c1-2-7-3-4-8-5(7)6/h3-5H,2H2,1H3. The van der Waals surface area contributed by atoms with E-state index in [1.807, 2.05) is 0 Å². The van der Waals surface area contributed by atoms with E-state index in [1.54, 1.807) is 11.8 Å². The Kier molecular flexibility index (Phi) is 2.26. The molecule has 0 aliphatic carbocycles. The molecule has 0 amide bonds. The highest BCUT2D eigenvalue weighted by atomic mass is 79.9. The summed E-state index contributed by atoms with van der Waals surface area (Å²) in [7, 11) is 0. The van der Waals surface area contributed by atoms with Gasteiger partial charge in [0.15, 0.2) is 0 Å². The van der Waals surface area contributed by atoms with Crippen molar-refractivity contribution in [3.05, 3.63) is 11.6 Å². The lowest BCUT2D eigenvalue weighted by Crippen LogP contribution is -2.17. The van der Waals surface area contributed by atoms with Gasteiger partial charge in [0.2, 0.25) is 0 Å². The number of thioether (sulfide) groups is 1. The molecule has 0 spiro atoms. The Morgan fingerprint density at radius 2 is 2.62 bits per heavy atom. The summed E-state index contributed by atoms with van der Waals surface area (Å²) in [5.41, 5.74) is 0. The summed E-state index contributed by atoms with van der Waals surface area (Å²) < 4.78 is 0.479. The summed E-state index contributed by atoms with van der Waals surface area (Å²) in [4.78, 5) is 2.23. The number of nitrogens with zero attached hydrogens (tertiary/aromatic N) is 1. The Bertz CT molecular complexity index is 105. The molecule has 0 saturated heterocycles. The van der Waals surface area contributed by atoms with Crippen LogP contribution >= 0.6 is 27.7 Å². The molecule has 0 fully saturated rings. The van der Waals surface area contributed by atoms with Crippen LogP contribution in [0.3, 0.4) is 0 Å². The van der Waals surface area contributed by atoms with Crippen LogP contribution in [-0.4, -0.2) is 15.7 Å². The number of halogens is 1. The minimum Gasteiger partial charge on any atom is -0.356 e. The van der Waals surface area contributed by atoms with Crippen LogP contribution in [0.4, 0.5) is 0 Å². The van der Waals surface area contributed by atoms with E-state index < -0.39 is 0 Å². The van der Waals surface area contributed by atoms with Crippen LogP contribution in [0.5, 0.6) is 0 Å². The first-order chi connectivity index (χ1) is 3.84. The Hall–Kier alpha value is 0.370. The van der Waals surface area contributed by atoms with Crippen LogP contribution in [0.2, 0.25) is 0 Å². The molecule has 1 aliphatic rings. The molecule has 1 rings (SSSR count). The van der Waals surface area contributed by atoms with E-state index in [4.69, 9.17) is 0 Å². The van der Waals surface area contributed by atoms with E-state index in [-0.39, 0.29) is 0 Å². The third-order valence-corrected chi connectivity index (χ3v) is 3.02. The van der Waals surface area contributed by atoms with Gasteiger partial charge in [-0.25, -0.2) is 0 Å². The monoisotopic (exact) mass is 193 g/mol. The van der Waals surface area contributed by atoms with Crippen LogP contribution in [0.15, 0.2) is 11.6 Å². The Morgan fingerprint density at radius 1 is 1.88 bits per heavy atom. The zero-order valence-electron chi connectivity index (χ0n) is 4.67. The van der Waals surface area contributed by atoms with E-state index in [2.05, 4.69) is 39.4 Å². The van der Waals surface area contributed by atoms with Gasteiger partial charge in [0.25, 0.3) is 0 Å². The summed E-state index contributed by atoms with van der Waals surface area (Å²) in [6.45, 7) is 3.23. The average molecular weight is 194 g/mol. The van der Waals surface area contributed by atoms with Gasteiger partial charge in [-0.1, -0.05) is 27.7 Å². The maximum Gasteiger partial charge on any atom is 0.135 e. The molecule has 0 N–H and O–H groups in total. The van der Waals surface area contributed by atoms with E-state index in [1.165, 1.54) is 0 Å². The predicted octanol–water partition coefficient (Wildman–Crippen LogP) is 2.20. The van der Waals surface area contributed by atoms with Crippen molar-refractivity contribution in [3.63, 3.8) is 0 Å². The second kappa shape index (κ2) is 2.78. The summed E-state index contributed by atoms with van der Waals surface area (Å²) in [5, 5.41) is 2.10. The minimum absolute atomic E-state index is 0.479. The maximum absolute atomic E-state index is 3.49. The number of alkyl halides is 1. The molecule has 0 saturated carbocycles. The van der Waals surface area contributed by atoms with Crippen molar-refractivity contribution in [2.45, 2.75) is 11.2 Å². The predicted molar refractivity (Wildman–Crippen MR) is 41.8 cm³/mol. The highest BCUT2D eigenvalue weighted by Gasteiger charge is 2.12. The molecule has 8 heavy (non-hydrogen) atoms. The van der Waals surface area contributed by atoms with Crippen LogP contribution in [0, 0.1) is 0 Å². The topological polar surface area (TPSA) is 3.24 Å². The van der Waals surface area contributed by atoms with Gasteiger partial charge in [0.1, 0.15) is 4.28 Å². The molecule has 1 heterocycles.